The molecule has 7 heteroatoms. The highest BCUT2D eigenvalue weighted by Gasteiger charge is 2.20. The topological polar surface area (TPSA) is 92.1 Å². The van der Waals surface area contributed by atoms with Gasteiger partial charge in [0.15, 0.2) is 0 Å². The van der Waals surface area contributed by atoms with Crippen LogP contribution in [0.2, 0.25) is 0 Å². The summed E-state index contributed by atoms with van der Waals surface area (Å²) in [5.74, 6) is -0.220. The Hall–Kier alpha value is -2.12. The van der Waals surface area contributed by atoms with Gasteiger partial charge in [0.05, 0.1) is 22.5 Å². The second-order valence-electron chi connectivity index (χ2n) is 4.23. The largest absolute Gasteiger partial charge is 0.390 e. The van der Waals surface area contributed by atoms with Crippen LogP contribution in [0.25, 0.3) is 10.2 Å². The van der Waals surface area contributed by atoms with Crippen molar-refractivity contribution in [3.8, 4) is 0 Å². The molecule has 0 radical (unpaired) electrons. The second-order valence-corrected chi connectivity index (χ2v) is 5.31. The number of pyridine rings is 1. The molecule has 0 spiro atoms. The Kier molecular flexibility index (Phi) is 2.84. The summed E-state index contributed by atoms with van der Waals surface area (Å²) in [6, 6.07) is 3.74. The molecule has 2 aromatic heterocycles. The zero-order valence-corrected chi connectivity index (χ0v) is 11.1. The van der Waals surface area contributed by atoms with E-state index in [4.69, 9.17) is 5.73 Å². The number of anilines is 1. The van der Waals surface area contributed by atoms with Crippen LogP contribution in [-0.4, -0.2) is 17.4 Å². The highest BCUT2D eigenvalue weighted by Crippen LogP contribution is 2.31. The van der Waals surface area contributed by atoms with E-state index in [0.717, 1.165) is 16.1 Å². The molecule has 0 aliphatic carbocycles. The molecule has 0 atom stereocenters. The number of fused-ring (bicyclic) bond motifs is 1. The predicted molar refractivity (Wildman–Crippen MR) is 75.3 cm³/mol. The maximum absolute atomic E-state index is 12.3. The second kappa shape index (κ2) is 4.52. The van der Waals surface area contributed by atoms with Gasteiger partial charge in [0.2, 0.25) is 0 Å². The minimum atomic E-state index is -0.220. The molecule has 1 amide bonds. The number of nitrogens with zero attached hydrogens (tertiary/aromatic N) is 1. The number of hydrogen-bond donors (Lipinski definition) is 4. The average Bonchev–Trinajstić information content (AvgIpc) is 2.92. The molecule has 0 bridgehead atoms. The lowest BCUT2D eigenvalue weighted by Gasteiger charge is -2.05. The highest BCUT2D eigenvalue weighted by molar-refractivity contribution is 7.23. The van der Waals surface area contributed by atoms with Crippen molar-refractivity contribution in [2.75, 3.05) is 12.3 Å². The van der Waals surface area contributed by atoms with Gasteiger partial charge in [-0.3, -0.25) is 9.78 Å². The molecular weight excluding hydrogens is 262 g/mol. The van der Waals surface area contributed by atoms with Crippen molar-refractivity contribution >= 4 is 32.5 Å². The first-order valence-corrected chi connectivity index (χ1v) is 6.61. The molecule has 1 aliphatic heterocycles. The third-order valence-corrected chi connectivity index (χ3v) is 3.93. The Morgan fingerprint density at radius 3 is 3.16 bits per heavy atom. The van der Waals surface area contributed by atoms with E-state index in [1.807, 2.05) is 19.1 Å². The van der Waals surface area contributed by atoms with E-state index in [2.05, 4.69) is 21.2 Å². The number of hydrogen-bond acceptors (Lipinski definition) is 6. The third-order valence-electron chi connectivity index (χ3n) is 2.96. The number of hydrazine groups is 1. The number of thiophene rings is 1. The number of carbonyl (C=O) groups is 1. The smallest absolute Gasteiger partial charge is 0.260 e. The molecule has 19 heavy (non-hydrogen) atoms. The number of amides is 1. The molecule has 0 saturated heterocycles. The van der Waals surface area contributed by atoms with Gasteiger partial charge in [0.1, 0.15) is 10.6 Å². The first-order valence-electron chi connectivity index (χ1n) is 5.80. The molecule has 2 aromatic rings. The van der Waals surface area contributed by atoms with Gasteiger partial charge in [0.25, 0.3) is 5.91 Å². The highest BCUT2D eigenvalue weighted by atomic mass is 32.1. The fourth-order valence-corrected chi connectivity index (χ4v) is 2.90. The predicted octanol–water partition coefficient (Wildman–Crippen LogP) is 0.948. The summed E-state index contributed by atoms with van der Waals surface area (Å²) in [6.07, 6.45) is 1.66. The molecule has 1 aliphatic rings. The van der Waals surface area contributed by atoms with Crippen LogP contribution in [-0.2, 0) is 0 Å². The fourth-order valence-electron chi connectivity index (χ4n) is 1.98. The van der Waals surface area contributed by atoms with Crippen LogP contribution < -0.4 is 21.9 Å². The Balaban J connectivity index is 1.98. The minimum absolute atomic E-state index is 0.220. The van der Waals surface area contributed by atoms with Crippen LogP contribution >= 0.6 is 11.3 Å². The van der Waals surface area contributed by atoms with Crippen molar-refractivity contribution < 1.29 is 4.79 Å². The Morgan fingerprint density at radius 2 is 2.42 bits per heavy atom. The zero-order chi connectivity index (χ0) is 13.4. The minimum Gasteiger partial charge on any atom is -0.390 e. The molecule has 0 unspecified atom stereocenters. The quantitative estimate of drug-likeness (QED) is 0.655. The number of nitrogen functional groups attached to an aromatic ring is 1. The van der Waals surface area contributed by atoms with Crippen LogP contribution in [0.15, 0.2) is 29.7 Å². The van der Waals surface area contributed by atoms with Gasteiger partial charge >= 0.3 is 0 Å². The number of nitrogens with one attached hydrogen (secondary N) is 3. The SMILES string of the molecule is CC1=C(NC(=O)c2c(N)sc3cccnc23)CNN1. The van der Waals surface area contributed by atoms with Crippen molar-refractivity contribution in [1.82, 2.24) is 21.2 Å². The van der Waals surface area contributed by atoms with Crippen molar-refractivity contribution in [2.45, 2.75) is 6.92 Å². The van der Waals surface area contributed by atoms with E-state index in [-0.39, 0.29) is 5.91 Å². The molecular formula is C12H13N5OS. The molecule has 6 nitrogen and oxygen atoms in total. The molecule has 0 fully saturated rings. The number of carbonyl (C=O) groups excluding carboxylic acids is 1. The van der Waals surface area contributed by atoms with Gasteiger partial charge in [-0.1, -0.05) is 0 Å². The zero-order valence-electron chi connectivity index (χ0n) is 10.3. The molecule has 3 rings (SSSR count). The number of aromatic nitrogens is 1. The van der Waals surface area contributed by atoms with E-state index in [1.165, 1.54) is 11.3 Å². The van der Waals surface area contributed by atoms with Crippen molar-refractivity contribution in [3.63, 3.8) is 0 Å². The number of nitrogens with two attached hydrogens (primary N) is 1. The summed E-state index contributed by atoms with van der Waals surface area (Å²) in [6.45, 7) is 2.47. The van der Waals surface area contributed by atoms with Crippen LogP contribution in [0.4, 0.5) is 5.00 Å². The Bertz CT molecular complexity index is 690. The van der Waals surface area contributed by atoms with Crippen LogP contribution in [0, 0.1) is 0 Å². The standard InChI is InChI=1S/C12H13N5OS/c1-6-7(5-15-17-6)16-12(18)9-10-8(19-11(9)13)3-2-4-14-10/h2-4,15,17H,5,13H2,1H3,(H,16,18). The number of rotatable bonds is 2. The van der Waals surface area contributed by atoms with E-state index in [0.29, 0.717) is 22.6 Å². The molecule has 5 N–H and O–H groups in total. The van der Waals surface area contributed by atoms with Crippen LogP contribution in [0.3, 0.4) is 0 Å². The van der Waals surface area contributed by atoms with Crippen molar-refractivity contribution in [1.29, 1.82) is 0 Å². The first kappa shape index (κ1) is 11.9. The molecule has 98 valence electrons. The van der Waals surface area contributed by atoms with Gasteiger partial charge in [-0.25, -0.2) is 5.43 Å². The fraction of sp³-hybridized carbons (Fsp3) is 0.167. The summed E-state index contributed by atoms with van der Waals surface area (Å²) in [5, 5.41) is 3.36. The molecule has 0 aromatic carbocycles. The maximum atomic E-state index is 12.3. The van der Waals surface area contributed by atoms with Gasteiger partial charge in [-0.2, -0.15) is 0 Å². The number of allylic oxidation sites excluding steroid dienone is 1. The maximum Gasteiger partial charge on any atom is 0.260 e. The summed E-state index contributed by atoms with van der Waals surface area (Å²) < 4.78 is 0.915. The lowest BCUT2D eigenvalue weighted by Crippen LogP contribution is -2.27. The van der Waals surface area contributed by atoms with Crippen LogP contribution in [0.5, 0.6) is 0 Å². The van der Waals surface area contributed by atoms with Gasteiger partial charge in [-0.05, 0) is 19.1 Å². The normalized spacial score (nSPS) is 14.8. The lowest BCUT2D eigenvalue weighted by atomic mass is 10.2. The summed E-state index contributed by atoms with van der Waals surface area (Å²) in [5.41, 5.74) is 14.6. The summed E-state index contributed by atoms with van der Waals surface area (Å²) in [4.78, 5) is 16.6. The van der Waals surface area contributed by atoms with Gasteiger partial charge in [-0.15, -0.1) is 11.3 Å². The monoisotopic (exact) mass is 275 g/mol. The summed E-state index contributed by atoms with van der Waals surface area (Å²) >= 11 is 1.37. The molecule has 3 heterocycles. The van der Waals surface area contributed by atoms with E-state index < -0.39 is 0 Å². The molecule has 0 saturated carbocycles. The lowest BCUT2D eigenvalue weighted by molar-refractivity contribution is 0.0968. The van der Waals surface area contributed by atoms with Crippen molar-refractivity contribution in [3.05, 3.63) is 35.3 Å². The van der Waals surface area contributed by atoms with E-state index in [9.17, 15) is 4.79 Å². The Labute approximate surface area is 113 Å². The van der Waals surface area contributed by atoms with E-state index in [1.54, 1.807) is 6.20 Å². The van der Waals surface area contributed by atoms with Crippen molar-refractivity contribution in [2.24, 2.45) is 0 Å². The average molecular weight is 275 g/mol. The first-order chi connectivity index (χ1) is 9.16. The van der Waals surface area contributed by atoms with Gasteiger partial charge < -0.3 is 16.5 Å². The Morgan fingerprint density at radius 1 is 1.58 bits per heavy atom. The van der Waals surface area contributed by atoms with Crippen LogP contribution in [0.1, 0.15) is 17.3 Å². The van der Waals surface area contributed by atoms with Gasteiger partial charge in [0, 0.05) is 11.9 Å². The summed E-state index contributed by atoms with van der Waals surface area (Å²) in [7, 11) is 0. The van der Waals surface area contributed by atoms with E-state index >= 15 is 0 Å². The third kappa shape index (κ3) is 2.02.